The average molecular weight is 412 g/mol. The van der Waals surface area contributed by atoms with Crippen molar-refractivity contribution in [2.75, 3.05) is 18.4 Å². The van der Waals surface area contributed by atoms with E-state index in [4.69, 9.17) is 0 Å². The second kappa shape index (κ2) is 8.47. The molecule has 2 aromatic rings. The molecule has 9 heteroatoms. The van der Waals surface area contributed by atoms with Gasteiger partial charge in [-0.05, 0) is 49.4 Å². The fourth-order valence-corrected chi connectivity index (χ4v) is 5.39. The van der Waals surface area contributed by atoms with E-state index in [0.29, 0.717) is 35.8 Å². The standard InChI is InChI=1S/C18H22FN3O3S2/c1-13(18(23)20-16-5-2-4-14(19)12-16)22-9-7-15(8-10-22)21-27(24,25)17-6-3-11-26-17/h2-6,11-13,15,21H,7-10H2,1H3,(H,20,23)/t13-/m0/s1. The SMILES string of the molecule is C[C@@H](C(=O)Nc1cccc(F)c1)N1CCC(NS(=O)(=O)c2cccs2)CC1. The number of thiophene rings is 1. The molecule has 2 heterocycles. The number of carbonyl (C=O) groups is 1. The third-order valence-corrected chi connectivity index (χ3v) is 7.55. The maximum Gasteiger partial charge on any atom is 0.250 e. The Balaban J connectivity index is 1.51. The Morgan fingerprint density at radius 3 is 2.63 bits per heavy atom. The zero-order valence-corrected chi connectivity index (χ0v) is 16.5. The van der Waals surface area contributed by atoms with Crippen molar-refractivity contribution in [3.8, 4) is 0 Å². The molecule has 6 nitrogen and oxygen atoms in total. The molecule has 1 saturated heterocycles. The summed E-state index contributed by atoms with van der Waals surface area (Å²) in [5.41, 5.74) is 0.422. The van der Waals surface area contributed by atoms with E-state index in [1.807, 2.05) is 4.90 Å². The molecule has 1 atom stereocenters. The van der Waals surface area contributed by atoms with Crippen LogP contribution in [0, 0.1) is 5.82 Å². The Bertz CT molecular complexity index is 879. The van der Waals surface area contributed by atoms with Gasteiger partial charge in [0, 0.05) is 24.8 Å². The van der Waals surface area contributed by atoms with E-state index in [1.54, 1.807) is 36.6 Å². The van der Waals surface area contributed by atoms with E-state index in [2.05, 4.69) is 10.0 Å². The maximum absolute atomic E-state index is 13.2. The first-order valence-corrected chi connectivity index (χ1v) is 11.1. The second-order valence-electron chi connectivity index (χ2n) is 6.54. The van der Waals surface area contributed by atoms with Crippen molar-refractivity contribution in [3.05, 3.63) is 47.6 Å². The number of piperidine rings is 1. The van der Waals surface area contributed by atoms with E-state index in [-0.39, 0.29) is 18.0 Å². The topological polar surface area (TPSA) is 78.5 Å². The monoisotopic (exact) mass is 411 g/mol. The number of hydrogen-bond donors (Lipinski definition) is 2. The fraction of sp³-hybridized carbons (Fsp3) is 0.389. The van der Waals surface area contributed by atoms with Crippen molar-refractivity contribution >= 4 is 33.0 Å². The second-order valence-corrected chi connectivity index (χ2v) is 9.43. The number of carbonyl (C=O) groups excluding carboxylic acids is 1. The highest BCUT2D eigenvalue weighted by Crippen LogP contribution is 2.20. The lowest BCUT2D eigenvalue weighted by Crippen LogP contribution is -2.50. The van der Waals surface area contributed by atoms with E-state index in [9.17, 15) is 17.6 Å². The molecule has 0 unspecified atom stereocenters. The van der Waals surface area contributed by atoms with Crippen LogP contribution in [0.1, 0.15) is 19.8 Å². The van der Waals surface area contributed by atoms with Gasteiger partial charge in [0.15, 0.2) is 0 Å². The van der Waals surface area contributed by atoms with E-state index in [0.717, 1.165) is 0 Å². The van der Waals surface area contributed by atoms with Gasteiger partial charge in [0.25, 0.3) is 0 Å². The Morgan fingerprint density at radius 1 is 1.26 bits per heavy atom. The molecule has 1 aliphatic rings. The number of sulfonamides is 1. The van der Waals surface area contributed by atoms with Gasteiger partial charge in [0.2, 0.25) is 15.9 Å². The normalized spacial score (nSPS) is 17.6. The molecular formula is C18H22FN3O3S2. The molecule has 146 valence electrons. The van der Waals surface area contributed by atoms with Crippen LogP contribution < -0.4 is 10.0 Å². The Hall–Kier alpha value is -1.81. The summed E-state index contributed by atoms with van der Waals surface area (Å²) < 4.78 is 40.9. The van der Waals surface area contributed by atoms with Crippen LogP contribution in [0.4, 0.5) is 10.1 Å². The minimum absolute atomic E-state index is 0.146. The molecule has 27 heavy (non-hydrogen) atoms. The van der Waals surface area contributed by atoms with Crippen LogP contribution in [0.2, 0.25) is 0 Å². The van der Waals surface area contributed by atoms with Gasteiger partial charge < -0.3 is 5.32 Å². The van der Waals surface area contributed by atoms with Crippen LogP contribution in [0.3, 0.4) is 0 Å². The Labute approximate surface area is 162 Å². The van der Waals surface area contributed by atoms with Gasteiger partial charge in [0.05, 0.1) is 6.04 Å². The number of nitrogens with zero attached hydrogens (tertiary/aromatic N) is 1. The highest BCUT2D eigenvalue weighted by atomic mass is 32.2. The van der Waals surface area contributed by atoms with Gasteiger partial charge in [-0.25, -0.2) is 17.5 Å². The first kappa shape index (κ1) is 19.9. The van der Waals surface area contributed by atoms with E-state index >= 15 is 0 Å². The van der Waals surface area contributed by atoms with Crippen molar-refractivity contribution in [3.63, 3.8) is 0 Å². The Morgan fingerprint density at radius 2 is 2.00 bits per heavy atom. The summed E-state index contributed by atoms with van der Waals surface area (Å²) in [7, 11) is -3.48. The molecule has 1 aromatic heterocycles. The minimum atomic E-state index is -3.48. The smallest absolute Gasteiger partial charge is 0.250 e. The molecule has 1 fully saturated rings. The zero-order chi connectivity index (χ0) is 19.4. The van der Waals surface area contributed by atoms with Crippen LogP contribution >= 0.6 is 11.3 Å². The molecule has 0 spiro atoms. The molecule has 1 aromatic carbocycles. The Kier molecular flexibility index (Phi) is 6.25. The fourth-order valence-electron chi connectivity index (χ4n) is 3.08. The third kappa shape index (κ3) is 5.13. The van der Waals surface area contributed by atoms with Crippen molar-refractivity contribution in [2.24, 2.45) is 0 Å². The summed E-state index contributed by atoms with van der Waals surface area (Å²) in [6, 6.07) is 8.54. The van der Waals surface area contributed by atoms with Crippen LogP contribution in [0.15, 0.2) is 46.0 Å². The number of hydrogen-bond acceptors (Lipinski definition) is 5. The van der Waals surface area contributed by atoms with E-state index < -0.39 is 15.8 Å². The number of anilines is 1. The quantitative estimate of drug-likeness (QED) is 0.766. The van der Waals surface area contributed by atoms with Crippen LogP contribution in [-0.4, -0.2) is 44.4 Å². The molecule has 3 rings (SSSR count). The molecule has 0 aliphatic carbocycles. The summed E-state index contributed by atoms with van der Waals surface area (Å²) in [5.74, 6) is -0.613. The van der Waals surface area contributed by atoms with Gasteiger partial charge in [0.1, 0.15) is 10.0 Å². The number of rotatable bonds is 6. The van der Waals surface area contributed by atoms with Crippen molar-refractivity contribution in [1.82, 2.24) is 9.62 Å². The first-order valence-electron chi connectivity index (χ1n) is 8.71. The van der Waals surface area contributed by atoms with Gasteiger partial charge >= 0.3 is 0 Å². The number of amides is 1. The minimum Gasteiger partial charge on any atom is -0.325 e. The number of nitrogens with one attached hydrogen (secondary N) is 2. The third-order valence-electron chi connectivity index (χ3n) is 4.63. The number of benzene rings is 1. The highest BCUT2D eigenvalue weighted by Gasteiger charge is 2.29. The molecular weight excluding hydrogens is 389 g/mol. The van der Waals surface area contributed by atoms with Gasteiger partial charge in [-0.2, -0.15) is 0 Å². The van der Waals surface area contributed by atoms with Crippen molar-refractivity contribution < 1.29 is 17.6 Å². The predicted octanol–water partition coefficient (Wildman–Crippen LogP) is 2.66. The summed E-state index contributed by atoms with van der Waals surface area (Å²) in [6.45, 7) is 3.01. The molecule has 0 radical (unpaired) electrons. The molecule has 0 bridgehead atoms. The van der Waals surface area contributed by atoms with Crippen LogP contribution in [0.25, 0.3) is 0 Å². The highest BCUT2D eigenvalue weighted by molar-refractivity contribution is 7.91. The molecule has 1 aliphatic heterocycles. The lowest BCUT2D eigenvalue weighted by molar-refractivity contribution is -0.121. The van der Waals surface area contributed by atoms with Gasteiger partial charge in [-0.1, -0.05) is 12.1 Å². The summed E-state index contributed by atoms with van der Waals surface area (Å²) in [6.07, 6.45) is 1.25. The number of halogens is 1. The summed E-state index contributed by atoms with van der Waals surface area (Å²) in [4.78, 5) is 14.4. The predicted molar refractivity (Wildman–Crippen MR) is 104 cm³/mol. The summed E-state index contributed by atoms with van der Waals surface area (Å²) in [5, 5.41) is 4.45. The molecule has 1 amide bonds. The van der Waals surface area contributed by atoms with Crippen LogP contribution in [0.5, 0.6) is 0 Å². The summed E-state index contributed by atoms with van der Waals surface area (Å²) >= 11 is 1.19. The number of likely N-dealkylation sites (tertiary alicyclic amines) is 1. The van der Waals surface area contributed by atoms with Crippen molar-refractivity contribution in [2.45, 2.75) is 36.1 Å². The maximum atomic E-state index is 13.2. The van der Waals surface area contributed by atoms with E-state index in [1.165, 1.54) is 23.5 Å². The van der Waals surface area contributed by atoms with Gasteiger partial charge in [-0.3, -0.25) is 9.69 Å². The molecule has 2 N–H and O–H groups in total. The molecule has 0 saturated carbocycles. The van der Waals surface area contributed by atoms with Crippen molar-refractivity contribution in [1.29, 1.82) is 0 Å². The lowest BCUT2D eigenvalue weighted by atomic mass is 10.0. The average Bonchev–Trinajstić information content (AvgIpc) is 3.17. The van der Waals surface area contributed by atoms with Crippen LogP contribution in [-0.2, 0) is 14.8 Å². The largest absolute Gasteiger partial charge is 0.325 e. The lowest BCUT2D eigenvalue weighted by Gasteiger charge is -2.35. The van der Waals surface area contributed by atoms with Gasteiger partial charge in [-0.15, -0.1) is 11.3 Å². The first-order chi connectivity index (χ1) is 12.8. The zero-order valence-electron chi connectivity index (χ0n) is 14.9.